The lowest BCUT2D eigenvalue weighted by Gasteiger charge is -2.12. The molecule has 0 spiro atoms. The summed E-state index contributed by atoms with van der Waals surface area (Å²) in [6, 6.07) is 0. The third-order valence-electron chi connectivity index (χ3n) is 1.93. The van der Waals surface area contributed by atoms with Crippen molar-refractivity contribution >= 4 is 17.6 Å². The standard InChI is InChI=1S/C9H11ClO3/c10-7-3-1-6(2-4-7)5-8(11)9(12)13/h1,3,8,11H,2,4-5H2,(H,12,13). The number of aliphatic carboxylic acids is 1. The Balaban J connectivity index is 2.51. The van der Waals surface area contributed by atoms with Crippen molar-refractivity contribution in [1.82, 2.24) is 0 Å². The zero-order chi connectivity index (χ0) is 9.84. The van der Waals surface area contributed by atoms with Crippen LogP contribution in [0.1, 0.15) is 19.3 Å². The predicted molar refractivity (Wildman–Crippen MR) is 49.5 cm³/mol. The zero-order valence-electron chi connectivity index (χ0n) is 7.03. The van der Waals surface area contributed by atoms with Crippen molar-refractivity contribution in [1.29, 1.82) is 0 Å². The van der Waals surface area contributed by atoms with Gasteiger partial charge >= 0.3 is 5.97 Å². The normalized spacial score (nSPS) is 18.9. The number of rotatable bonds is 3. The van der Waals surface area contributed by atoms with Gasteiger partial charge in [0.25, 0.3) is 0 Å². The molecule has 0 aromatic heterocycles. The molecule has 1 unspecified atom stereocenters. The summed E-state index contributed by atoms with van der Waals surface area (Å²) in [7, 11) is 0. The molecule has 1 rings (SSSR count). The van der Waals surface area contributed by atoms with Gasteiger partial charge in [-0.15, -0.1) is 0 Å². The molecule has 1 aliphatic carbocycles. The Kier molecular flexibility index (Phi) is 3.51. The number of allylic oxidation sites excluding steroid dienone is 3. The molecule has 72 valence electrons. The Bertz CT molecular complexity index is 268. The minimum atomic E-state index is -1.29. The average Bonchev–Trinajstić information content (AvgIpc) is 2.08. The first-order valence-corrected chi connectivity index (χ1v) is 4.42. The molecule has 0 bridgehead atoms. The first-order chi connectivity index (χ1) is 6.09. The summed E-state index contributed by atoms with van der Waals surface area (Å²) < 4.78 is 0. The molecule has 4 heteroatoms. The monoisotopic (exact) mass is 202 g/mol. The SMILES string of the molecule is O=C(O)C(O)CC1=CC=C(Cl)CC1. The van der Waals surface area contributed by atoms with Crippen LogP contribution in [0.5, 0.6) is 0 Å². The molecule has 0 aliphatic heterocycles. The van der Waals surface area contributed by atoms with Gasteiger partial charge in [0.05, 0.1) is 0 Å². The van der Waals surface area contributed by atoms with E-state index in [9.17, 15) is 4.79 Å². The van der Waals surface area contributed by atoms with Gasteiger partial charge in [-0.3, -0.25) is 0 Å². The molecule has 3 nitrogen and oxygen atoms in total. The number of carboxylic acids is 1. The van der Waals surface area contributed by atoms with E-state index in [1.54, 1.807) is 12.2 Å². The smallest absolute Gasteiger partial charge is 0.332 e. The highest BCUT2D eigenvalue weighted by Crippen LogP contribution is 2.23. The van der Waals surface area contributed by atoms with Crippen LogP contribution in [-0.4, -0.2) is 22.3 Å². The first-order valence-electron chi connectivity index (χ1n) is 4.04. The number of hydrogen-bond donors (Lipinski definition) is 2. The summed E-state index contributed by atoms with van der Waals surface area (Å²) in [5.74, 6) is -1.18. The number of carbonyl (C=O) groups is 1. The van der Waals surface area contributed by atoms with E-state index in [1.165, 1.54) is 0 Å². The second kappa shape index (κ2) is 4.44. The van der Waals surface area contributed by atoms with E-state index < -0.39 is 12.1 Å². The summed E-state index contributed by atoms with van der Waals surface area (Å²) in [5, 5.41) is 18.3. The van der Waals surface area contributed by atoms with Crippen LogP contribution in [0.3, 0.4) is 0 Å². The Morgan fingerprint density at radius 1 is 1.54 bits per heavy atom. The van der Waals surface area contributed by atoms with Crippen LogP contribution in [0.4, 0.5) is 0 Å². The van der Waals surface area contributed by atoms with Crippen molar-refractivity contribution in [2.75, 3.05) is 0 Å². The number of aliphatic hydroxyl groups excluding tert-OH is 1. The maximum absolute atomic E-state index is 10.3. The van der Waals surface area contributed by atoms with E-state index in [1.807, 2.05) is 0 Å². The summed E-state index contributed by atoms with van der Waals surface area (Å²) in [4.78, 5) is 10.3. The van der Waals surface area contributed by atoms with Crippen molar-refractivity contribution in [3.05, 3.63) is 22.8 Å². The van der Waals surface area contributed by atoms with Crippen LogP contribution < -0.4 is 0 Å². The van der Waals surface area contributed by atoms with Gasteiger partial charge in [0.2, 0.25) is 0 Å². The second-order valence-corrected chi connectivity index (χ2v) is 3.48. The second-order valence-electron chi connectivity index (χ2n) is 3.00. The number of hydrogen-bond acceptors (Lipinski definition) is 2. The minimum absolute atomic E-state index is 0.190. The molecule has 1 aliphatic rings. The molecule has 0 aromatic carbocycles. The first kappa shape index (κ1) is 10.3. The molecule has 1 atom stereocenters. The lowest BCUT2D eigenvalue weighted by Crippen LogP contribution is -2.20. The van der Waals surface area contributed by atoms with Crippen LogP contribution in [0.15, 0.2) is 22.8 Å². The number of halogens is 1. The van der Waals surface area contributed by atoms with E-state index in [2.05, 4.69) is 0 Å². The fourth-order valence-electron chi connectivity index (χ4n) is 1.16. The van der Waals surface area contributed by atoms with Crippen LogP contribution in [0, 0.1) is 0 Å². The van der Waals surface area contributed by atoms with Crippen molar-refractivity contribution in [3.8, 4) is 0 Å². The Labute approximate surface area is 81.3 Å². The Morgan fingerprint density at radius 2 is 2.23 bits per heavy atom. The van der Waals surface area contributed by atoms with Gasteiger partial charge in [-0.1, -0.05) is 23.3 Å². The Morgan fingerprint density at radius 3 is 2.69 bits per heavy atom. The van der Waals surface area contributed by atoms with E-state index in [-0.39, 0.29) is 6.42 Å². The fraction of sp³-hybridized carbons (Fsp3) is 0.444. The minimum Gasteiger partial charge on any atom is -0.479 e. The van der Waals surface area contributed by atoms with Crippen molar-refractivity contribution in [2.24, 2.45) is 0 Å². The lowest BCUT2D eigenvalue weighted by atomic mass is 9.99. The molecular formula is C9H11ClO3. The molecule has 0 amide bonds. The molecule has 0 heterocycles. The highest BCUT2D eigenvalue weighted by Gasteiger charge is 2.16. The van der Waals surface area contributed by atoms with Gasteiger partial charge in [-0.05, 0) is 18.9 Å². The van der Waals surface area contributed by atoms with Crippen LogP contribution in [0.2, 0.25) is 0 Å². The van der Waals surface area contributed by atoms with Crippen LogP contribution in [0.25, 0.3) is 0 Å². The molecule has 0 saturated heterocycles. The molecule has 0 saturated carbocycles. The largest absolute Gasteiger partial charge is 0.479 e. The molecule has 2 N–H and O–H groups in total. The third kappa shape index (κ3) is 3.20. The average molecular weight is 203 g/mol. The summed E-state index contributed by atoms with van der Waals surface area (Å²) in [6.07, 6.45) is 3.89. The molecular weight excluding hydrogens is 192 g/mol. The maximum Gasteiger partial charge on any atom is 0.332 e. The van der Waals surface area contributed by atoms with Crippen molar-refractivity contribution < 1.29 is 15.0 Å². The quantitative estimate of drug-likeness (QED) is 0.732. The number of carboxylic acid groups (broad SMARTS) is 1. The topological polar surface area (TPSA) is 57.5 Å². The van der Waals surface area contributed by atoms with Gasteiger partial charge in [-0.25, -0.2) is 4.79 Å². The maximum atomic E-state index is 10.3. The molecule has 0 fully saturated rings. The summed E-state index contributed by atoms with van der Waals surface area (Å²) in [5.41, 5.74) is 0.930. The summed E-state index contributed by atoms with van der Waals surface area (Å²) >= 11 is 5.72. The van der Waals surface area contributed by atoms with Gasteiger partial charge in [0.1, 0.15) is 0 Å². The molecule has 0 radical (unpaired) electrons. The van der Waals surface area contributed by atoms with Crippen molar-refractivity contribution in [3.63, 3.8) is 0 Å². The van der Waals surface area contributed by atoms with Gasteiger partial charge in [-0.2, -0.15) is 0 Å². The van der Waals surface area contributed by atoms with Crippen LogP contribution >= 0.6 is 11.6 Å². The van der Waals surface area contributed by atoms with E-state index >= 15 is 0 Å². The lowest BCUT2D eigenvalue weighted by molar-refractivity contribution is -0.146. The van der Waals surface area contributed by atoms with Crippen LogP contribution in [-0.2, 0) is 4.79 Å². The van der Waals surface area contributed by atoms with Gasteiger partial charge < -0.3 is 10.2 Å². The highest BCUT2D eigenvalue weighted by molar-refractivity contribution is 6.29. The molecule has 13 heavy (non-hydrogen) atoms. The van der Waals surface area contributed by atoms with Gasteiger partial charge in [0, 0.05) is 11.5 Å². The molecule has 0 aromatic rings. The predicted octanol–water partition coefficient (Wildman–Crippen LogP) is 1.66. The fourth-order valence-corrected chi connectivity index (χ4v) is 1.32. The van der Waals surface area contributed by atoms with Crippen molar-refractivity contribution in [2.45, 2.75) is 25.4 Å². The van der Waals surface area contributed by atoms with E-state index in [4.69, 9.17) is 21.8 Å². The van der Waals surface area contributed by atoms with E-state index in [0.29, 0.717) is 0 Å². The number of aliphatic hydroxyl groups is 1. The highest BCUT2D eigenvalue weighted by atomic mass is 35.5. The summed E-state index contributed by atoms with van der Waals surface area (Å²) in [6.45, 7) is 0. The zero-order valence-corrected chi connectivity index (χ0v) is 7.79. The third-order valence-corrected chi connectivity index (χ3v) is 2.24. The van der Waals surface area contributed by atoms with E-state index in [0.717, 1.165) is 23.4 Å². The Hall–Kier alpha value is -0.800. The van der Waals surface area contributed by atoms with Gasteiger partial charge in [0.15, 0.2) is 6.10 Å².